The normalized spacial score (nSPS) is 26.5. The maximum atomic E-state index is 13.5. The molecule has 1 aliphatic heterocycles. The molecule has 1 aromatic rings. The predicted molar refractivity (Wildman–Crippen MR) is 69.7 cm³/mol. The highest BCUT2D eigenvalue weighted by atomic mass is 19.1. The van der Waals surface area contributed by atoms with Gasteiger partial charge in [0.2, 0.25) is 0 Å². The minimum Gasteiger partial charge on any atom is -0.375 e. The first-order valence-electron chi connectivity index (χ1n) is 6.71. The fourth-order valence-electron chi connectivity index (χ4n) is 2.47. The molecular weight excluding hydrogens is 266 g/mol. The third-order valence-corrected chi connectivity index (χ3v) is 3.34. The molecule has 0 amide bonds. The lowest BCUT2D eigenvalue weighted by atomic mass is 10.0. The second-order valence-electron chi connectivity index (χ2n) is 5.21. The zero-order valence-corrected chi connectivity index (χ0v) is 11.6. The molecule has 0 spiro atoms. The zero-order valence-electron chi connectivity index (χ0n) is 11.6. The van der Waals surface area contributed by atoms with Crippen LogP contribution in [0.2, 0.25) is 0 Å². The van der Waals surface area contributed by atoms with Crippen LogP contribution in [-0.4, -0.2) is 30.7 Å². The first-order valence-corrected chi connectivity index (χ1v) is 6.71. The van der Waals surface area contributed by atoms with E-state index in [0.29, 0.717) is 18.9 Å². The van der Waals surface area contributed by atoms with Crippen LogP contribution in [0.15, 0.2) is 18.2 Å². The van der Waals surface area contributed by atoms with E-state index < -0.39 is 17.4 Å². The molecule has 0 N–H and O–H groups in total. The summed E-state index contributed by atoms with van der Waals surface area (Å²) in [6.07, 6.45) is 1.52. The number of hydrogen-bond donors (Lipinski definition) is 0. The molecule has 0 saturated carbocycles. The molecule has 20 heavy (non-hydrogen) atoms. The summed E-state index contributed by atoms with van der Waals surface area (Å²) in [4.78, 5) is 11.9. The largest absolute Gasteiger partial charge is 0.375 e. The van der Waals surface area contributed by atoms with Crippen LogP contribution in [-0.2, 0) is 9.47 Å². The summed E-state index contributed by atoms with van der Waals surface area (Å²) in [6, 6.07) is 2.91. The maximum absolute atomic E-state index is 13.5. The number of carbonyl (C=O) groups is 1. The Hall–Kier alpha value is -1.33. The van der Waals surface area contributed by atoms with Crippen molar-refractivity contribution in [3.63, 3.8) is 0 Å². The first-order chi connectivity index (χ1) is 9.45. The van der Waals surface area contributed by atoms with E-state index in [1.807, 2.05) is 13.8 Å². The van der Waals surface area contributed by atoms with Gasteiger partial charge in [-0.15, -0.1) is 0 Å². The fourth-order valence-corrected chi connectivity index (χ4v) is 2.47. The van der Waals surface area contributed by atoms with Crippen LogP contribution in [0.4, 0.5) is 8.78 Å². The second kappa shape index (κ2) is 6.41. The van der Waals surface area contributed by atoms with E-state index in [9.17, 15) is 13.6 Å². The van der Waals surface area contributed by atoms with E-state index >= 15 is 0 Å². The lowest BCUT2D eigenvalue weighted by molar-refractivity contribution is -0.0975. The Kier molecular flexibility index (Phi) is 4.83. The first kappa shape index (κ1) is 15.1. The molecule has 1 aromatic carbocycles. The minimum atomic E-state index is -0.854. The topological polar surface area (TPSA) is 35.5 Å². The molecule has 1 heterocycles. The van der Waals surface area contributed by atoms with Crippen LogP contribution < -0.4 is 0 Å². The fraction of sp³-hybridized carbons (Fsp3) is 0.533. The Morgan fingerprint density at radius 3 is 2.55 bits per heavy atom. The van der Waals surface area contributed by atoms with Gasteiger partial charge < -0.3 is 9.47 Å². The molecule has 2 atom stereocenters. The molecule has 2 rings (SSSR count). The molecule has 1 fully saturated rings. The summed E-state index contributed by atoms with van der Waals surface area (Å²) < 4.78 is 37.3. The molecule has 5 heteroatoms. The number of rotatable bonds is 4. The van der Waals surface area contributed by atoms with E-state index in [4.69, 9.17) is 9.47 Å². The van der Waals surface area contributed by atoms with Crippen molar-refractivity contribution in [2.45, 2.75) is 45.0 Å². The second-order valence-corrected chi connectivity index (χ2v) is 5.21. The van der Waals surface area contributed by atoms with Crippen molar-refractivity contribution in [3.8, 4) is 0 Å². The smallest absolute Gasteiger partial charge is 0.191 e. The van der Waals surface area contributed by atoms with E-state index in [2.05, 4.69) is 0 Å². The van der Waals surface area contributed by atoms with Crippen LogP contribution >= 0.6 is 0 Å². The highest BCUT2D eigenvalue weighted by Gasteiger charge is 2.26. The molecule has 0 aromatic heterocycles. The highest BCUT2D eigenvalue weighted by Crippen LogP contribution is 2.22. The summed E-state index contributed by atoms with van der Waals surface area (Å²) in [5.74, 6) is -2.03. The van der Waals surface area contributed by atoms with Crippen LogP contribution in [0.25, 0.3) is 0 Å². The SMILES string of the molecule is CC1CC(OCC(=O)c2ccc(F)cc2F)CC(C)O1. The summed E-state index contributed by atoms with van der Waals surface area (Å²) >= 11 is 0. The Balaban J connectivity index is 1.91. The van der Waals surface area contributed by atoms with Gasteiger partial charge in [-0.25, -0.2) is 8.78 Å². The van der Waals surface area contributed by atoms with Gasteiger partial charge >= 0.3 is 0 Å². The van der Waals surface area contributed by atoms with Gasteiger partial charge in [0.1, 0.15) is 18.2 Å². The Morgan fingerprint density at radius 2 is 1.95 bits per heavy atom. The van der Waals surface area contributed by atoms with Gasteiger partial charge in [-0.1, -0.05) is 0 Å². The quantitative estimate of drug-likeness (QED) is 0.797. The Labute approximate surface area is 116 Å². The van der Waals surface area contributed by atoms with Gasteiger partial charge in [-0.05, 0) is 38.8 Å². The summed E-state index contributed by atoms with van der Waals surface area (Å²) in [7, 11) is 0. The molecule has 3 nitrogen and oxygen atoms in total. The predicted octanol–water partition coefficient (Wildman–Crippen LogP) is 3.12. The molecule has 2 unspecified atom stereocenters. The molecule has 0 aliphatic carbocycles. The van der Waals surface area contributed by atoms with Crippen molar-refractivity contribution >= 4 is 5.78 Å². The monoisotopic (exact) mass is 284 g/mol. The number of benzene rings is 1. The molecule has 1 aliphatic rings. The van der Waals surface area contributed by atoms with Crippen LogP contribution in [0, 0.1) is 11.6 Å². The lowest BCUT2D eigenvalue weighted by Gasteiger charge is -2.31. The van der Waals surface area contributed by atoms with E-state index in [0.717, 1.165) is 12.1 Å². The number of Topliss-reactive ketones (excluding diaryl/α,β-unsaturated/α-hetero) is 1. The van der Waals surface area contributed by atoms with Crippen molar-refractivity contribution < 1.29 is 23.0 Å². The van der Waals surface area contributed by atoms with Crippen molar-refractivity contribution in [3.05, 3.63) is 35.4 Å². The molecule has 0 radical (unpaired) electrons. The summed E-state index contributed by atoms with van der Waals surface area (Å²) in [5.41, 5.74) is -0.139. The minimum absolute atomic E-state index is 0.0683. The Morgan fingerprint density at radius 1 is 1.30 bits per heavy atom. The van der Waals surface area contributed by atoms with Crippen molar-refractivity contribution in [2.24, 2.45) is 0 Å². The maximum Gasteiger partial charge on any atom is 0.191 e. The van der Waals surface area contributed by atoms with E-state index in [-0.39, 0.29) is 30.5 Å². The Bertz CT molecular complexity index is 480. The molecule has 0 bridgehead atoms. The number of carbonyl (C=O) groups excluding carboxylic acids is 1. The van der Waals surface area contributed by atoms with Crippen LogP contribution in [0.1, 0.15) is 37.0 Å². The van der Waals surface area contributed by atoms with Crippen LogP contribution in [0.3, 0.4) is 0 Å². The van der Waals surface area contributed by atoms with Crippen LogP contribution in [0.5, 0.6) is 0 Å². The highest BCUT2D eigenvalue weighted by molar-refractivity contribution is 5.97. The van der Waals surface area contributed by atoms with Gasteiger partial charge in [0.25, 0.3) is 0 Å². The number of ether oxygens (including phenoxy) is 2. The van der Waals surface area contributed by atoms with Gasteiger partial charge in [-0.3, -0.25) is 4.79 Å². The van der Waals surface area contributed by atoms with Gasteiger partial charge in [0, 0.05) is 6.07 Å². The average molecular weight is 284 g/mol. The van der Waals surface area contributed by atoms with Crippen molar-refractivity contribution in [1.82, 2.24) is 0 Å². The molecule has 1 saturated heterocycles. The zero-order chi connectivity index (χ0) is 14.7. The molecule has 110 valence electrons. The average Bonchev–Trinajstić information content (AvgIpc) is 2.35. The number of ketones is 1. The van der Waals surface area contributed by atoms with Gasteiger partial charge in [-0.2, -0.15) is 0 Å². The van der Waals surface area contributed by atoms with Gasteiger partial charge in [0.05, 0.1) is 23.9 Å². The molecular formula is C15H18F2O3. The summed E-state index contributed by atoms with van der Waals surface area (Å²) in [6.45, 7) is 3.70. The summed E-state index contributed by atoms with van der Waals surface area (Å²) in [5, 5.41) is 0. The third-order valence-electron chi connectivity index (χ3n) is 3.34. The number of hydrogen-bond acceptors (Lipinski definition) is 3. The number of halogens is 2. The lowest BCUT2D eigenvalue weighted by Crippen LogP contribution is -2.35. The standard InChI is InChI=1S/C15H18F2O3/c1-9-5-12(6-10(2)20-9)19-8-15(18)13-4-3-11(16)7-14(13)17/h3-4,7,9-10,12H,5-6,8H2,1-2H3. The van der Waals surface area contributed by atoms with Crippen molar-refractivity contribution in [1.29, 1.82) is 0 Å². The van der Waals surface area contributed by atoms with Gasteiger partial charge in [0.15, 0.2) is 5.78 Å². The van der Waals surface area contributed by atoms with Crippen molar-refractivity contribution in [2.75, 3.05) is 6.61 Å². The van der Waals surface area contributed by atoms with E-state index in [1.165, 1.54) is 0 Å². The third kappa shape index (κ3) is 3.84. The van der Waals surface area contributed by atoms with E-state index in [1.54, 1.807) is 0 Å².